The van der Waals surface area contributed by atoms with E-state index in [9.17, 15) is 14.8 Å². The molecule has 0 aliphatic carbocycles. The minimum atomic E-state index is -0.318. The summed E-state index contributed by atoms with van der Waals surface area (Å²) in [6, 6.07) is 9.80. The Morgan fingerprint density at radius 1 is 1.06 bits per heavy atom. The highest BCUT2D eigenvalue weighted by Crippen LogP contribution is 2.34. The van der Waals surface area contributed by atoms with Gasteiger partial charge >= 0.3 is 0 Å². The van der Waals surface area contributed by atoms with E-state index in [4.69, 9.17) is 4.74 Å². The third-order valence-corrected chi connectivity index (χ3v) is 4.96. The number of nitroso groups, excluding NO2 is 1. The van der Waals surface area contributed by atoms with Crippen LogP contribution in [0.1, 0.15) is 62.0 Å². The van der Waals surface area contributed by atoms with Crippen LogP contribution in [0.4, 0.5) is 5.69 Å². The molecule has 2 rings (SSSR count). The van der Waals surface area contributed by atoms with Gasteiger partial charge in [-0.1, -0.05) is 41.5 Å². The van der Waals surface area contributed by atoms with Gasteiger partial charge in [0.1, 0.15) is 17.2 Å². The molecular formula is C27H31NO4. The van der Waals surface area contributed by atoms with Crippen LogP contribution in [0.5, 0.6) is 11.5 Å². The number of phenolic OH excluding ortho intramolecular Hbond substituents is 1. The Bertz CT molecular complexity index is 1030. The molecule has 0 aliphatic heterocycles. The highest BCUT2D eigenvalue weighted by atomic mass is 16.5. The first kappa shape index (κ1) is 24.8. The number of carbonyl (C=O) groups is 1. The summed E-state index contributed by atoms with van der Waals surface area (Å²) in [4.78, 5) is 24.6. The van der Waals surface area contributed by atoms with Crippen LogP contribution < -0.4 is 4.74 Å². The first-order valence-electron chi connectivity index (χ1n) is 10.8. The molecule has 2 aromatic rings. The molecule has 2 aromatic carbocycles. The van der Waals surface area contributed by atoms with Crippen molar-refractivity contribution in [1.82, 2.24) is 0 Å². The van der Waals surface area contributed by atoms with Crippen molar-refractivity contribution in [1.29, 1.82) is 0 Å². The van der Waals surface area contributed by atoms with Crippen molar-refractivity contribution in [2.24, 2.45) is 5.18 Å². The van der Waals surface area contributed by atoms with Crippen LogP contribution in [-0.4, -0.2) is 17.5 Å². The number of nitrogens with zero attached hydrogens (tertiary/aromatic N) is 1. The molecule has 0 saturated carbocycles. The first-order valence-corrected chi connectivity index (χ1v) is 10.8. The van der Waals surface area contributed by atoms with E-state index in [1.54, 1.807) is 42.5 Å². The van der Waals surface area contributed by atoms with Gasteiger partial charge in [-0.05, 0) is 88.0 Å². The van der Waals surface area contributed by atoms with E-state index in [1.807, 2.05) is 6.92 Å². The highest BCUT2D eigenvalue weighted by Gasteiger charge is 2.18. The summed E-state index contributed by atoms with van der Waals surface area (Å²) in [7, 11) is 0. The molecule has 0 aromatic heterocycles. The van der Waals surface area contributed by atoms with E-state index in [0.29, 0.717) is 24.3 Å². The standard InChI is InChI=1S/C27H31NO4/c1-5-32-26-18-16-23(25(30)17-12-21-10-13-22(29)14-11-21)27(28-31)24(26)15-9-20(4)8-6-7-19(2)3/h7,9-14,16-18,29H,5-6,8,15H2,1-4H3/b17-12+,20-9+. The summed E-state index contributed by atoms with van der Waals surface area (Å²) >= 11 is 0. The van der Waals surface area contributed by atoms with Crippen molar-refractivity contribution in [2.45, 2.75) is 47.0 Å². The molecule has 0 spiro atoms. The van der Waals surface area contributed by atoms with E-state index in [2.05, 4.69) is 38.1 Å². The molecule has 1 N–H and O–H groups in total. The maximum absolute atomic E-state index is 12.8. The van der Waals surface area contributed by atoms with Crippen LogP contribution >= 0.6 is 0 Å². The summed E-state index contributed by atoms with van der Waals surface area (Å²) in [5.41, 5.74) is 4.22. The molecule has 0 saturated heterocycles. The Kier molecular flexibility index (Phi) is 9.61. The SMILES string of the molecule is CCOc1ccc(C(=O)/C=C/c2ccc(O)cc2)c(N=O)c1C/C=C(\C)CCC=C(C)C. The first-order chi connectivity index (χ1) is 15.3. The third kappa shape index (κ3) is 7.34. The minimum Gasteiger partial charge on any atom is -0.508 e. The van der Waals surface area contributed by atoms with Gasteiger partial charge in [-0.25, -0.2) is 0 Å². The summed E-state index contributed by atoms with van der Waals surface area (Å²) in [6.45, 7) is 8.53. The normalized spacial score (nSPS) is 11.4. The smallest absolute Gasteiger partial charge is 0.188 e. The zero-order valence-corrected chi connectivity index (χ0v) is 19.2. The van der Waals surface area contributed by atoms with Crippen LogP contribution in [0.3, 0.4) is 0 Å². The molecule has 0 aliphatic rings. The Morgan fingerprint density at radius 2 is 1.78 bits per heavy atom. The van der Waals surface area contributed by atoms with Gasteiger partial charge in [-0.2, -0.15) is 0 Å². The minimum absolute atomic E-state index is 0.115. The molecule has 0 heterocycles. The zero-order valence-electron chi connectivity index (χ0n) is 19.2. The summed E-state index contributed by atoms with van der Waals surface area (Å²) in [5, 5.41) is 12.6. The molecule has 0 fully saturated rings. The Morgan fingerprint density at radius 3 is 2.41 bits per heavy atom. The van der Waals surface area contributed by atoms with E-state index < -0.39 is 0 Å². The second-order valence-corrected chi connectivity index (χ2v) is 7.83. The van der Waals surface area contributed by atoms with Gasteiger partial charge in [-0.15, -0.1) is 4.91 Å². The van der Waals surface area contributed by atoms with Gasteiger partial charge < -0.3 is 9.84 Å². The molecule has 5 heteroatoms. The third-order valence-electron chi connectivity index (χ3n) is 4.96. The lowest BCUT2D eigenvalue weighted by atomic mass is 9.98. The average Bonchev–Trinajstić information content (AvgIpc) is 2.77. The molecule has 0 radical (unpaired) electrons. The topological polar surface area (TPSA) is 76.0 Å². The predicted molar refractivity (Wildman–Crippen MR) is 131 cm³/mol. The predicted octanol–water partition coefficient (Wildman–Crippen LogP) is 7.32. The monoisotopic (exact) mass is 433 g/mol. The molecule has 0 atom stereocenters. The lowest BCUT2D eigenvalue weighted by molar-refractivity contribution is 0.104. The van der Waals surface area contributed by atoms with E-state index in [1.165, 1.54) is 17.2 Å². The van der Waals surface area contributed by atoms with Gasteiger partial charge in [-0.3, -0.25) is 4.79 Å². The van der Waals surface area contributed by atoms with Crippen molar-refractivity contribution in [3.63, 3.8) is 0 Å². The van der Waals surface area contributed by atoms with Gasteiger partial charge in [0, 0.05) is 5.56 Å². The number of carbonyl (C=O) groups excluding carboxylic acids is 1. The van der Waals surface area contributed by atoms with Gasteiger partial charge in [0.05, 0.1) is 12.2 Å². The lowest BCUT2D eigenvalue weighted by Gasteiger charge is -2.13. The maximum Gasteiger partial charge on any atom is 0.188 e. The molecular weight excluding hydrogens is 402 g/mol. The number of ketones is 1. The van der Waals surface area contributed by atoms with Gasteiger partial charge in [0.25, 0.3) is 0 Å². The summed E-state index contributed by atoms with van der Waals surface area (Å²) in [6.07, 6.45) is 9.64. The van der Waals surface area contributed by atoms with Crippen molar-refractivity contribution in [3.05, 3.63) is 87.4 Å². The molecule has 0 amide bonds. The molecule has 0 unspecified atom stereocenters. The highest BCUT2D eigenvalue weighted by molar-refractivity contribution is 6.10. The van der Waals surface area contributed by atoms with Crippen molar-refractivity contribution >= 4 is 17.5 Å². The van der Waals surface area contributed by atoms with Crippen molar-refractivity contribution in [3.8, 4) is 11.5 Å². The van der Waals surface area contributed by atoms with Crippen LogP contribution in [0.25, 0.3) is 6.08 Å². The van der Waals surface area contributed by atoms with Crippen LogP contribution in [-0.2, 0) is 6.42 Å². The largest absolute Gasteiger partial charge is 0.508 e. The van der Waals surface area contributed by atoms with Gasteiger partial charge in [0.15, 0.2) is 5.78 Å². The number of benzene rings is 2. The zero-order chi connectivity index (χ0) is 23.5. The number of allylic oxidation sites excluding steroid dienone is 5. The van der Waals surface area contributed by atoms with E-state index >= 15 is 0 Å². The number of ether oxygens (including phenoxy) is 1. The second-order valence-electron chi connectivity index (χ2n) is 7.83. The number of hydrogen-bond donors (Lipinski definition) is 1. The molecule has 0 bridgehead atoms. The Labute approximate surface area is 190 Å². The Hall–Kier alpha value is -3.47. The quantitative estimate of drug-likeness (QED) is 0.174. The lowest BCUT2D eigenvalue weighted by Crippen LogP contribution is -2.02. The van der Waals surface area contributed by atoms with Crippen LogP contribution in [0.2, 0.25) is 0 Å². The average molecular weight is 434 g/mol. The molecule has 168 valence electrons. The van der Waals surface area contributed by atoms with Crippen LogP contribution in [0.15, 0.2) is 70.9 Å². The van der Waals surface area contributed by atoms with Crippen molar-refractivity contribution < 1.29 is 14.6 Å². The second kappa shape index (κ2) is 12.4. The number of aromatic hydroxyl groups is 1. The Balaban J connectivity index is 2.32. The number of phenols is 1. The van der Waals surface area contributed by atoms with E-state index in [0.717, 1.165) is 18.4 Å². The van der Waals surface area contributed by atoms with Gasteiger partial charge in [0.2, 0.25) is 0 Å². The number of hydrogen-bond acceptors (Lipinski definition) is 5. The number of rotatable bonds is 11. The molecule has 32 heavy (non-hydrogen) atoms. The summed E-state index contributed by atoms with van der Waals surface area (Å²) < 4.78 is 5.71. The van der Waals surface area contributed by atoms with E-state index in [-0.39, 0.29) is 22.8 Å². The summed E-state index contributed by atoms with van der Waals surface area (Å²) in [5.74, 6) is 0.400. The van der Waals surface area contributed by atoms with Crippen LogP contribution in [0, 0.1) is 4.91 Å². The fraction of sp³-hybridized carbons (Fsp3) is 0.296. The maximum atomic E-state index is 12.8. The fourth-order valence-electron chi connectivity index (χ4n) is 3.22. The fourth-order valence-corrected chi connectivity index (χ4v) is 3.22. The van der Waals surface area contributed by atoms with Crippen molar-refractivity contribution in [2.75, 3.05) is 6.61 Å². The molecule has 5 nitrogen and oxygen atoms in total.